The second-order valence-corrected chi connectivity index (χ2v) is 6.40. The van der Waals surface area contributed by atoms with E-state index in [-0.39, 0.29) is 11.0 Å². The SMILES string of the molecule is Oc1ccc(Nc2nc(Cl)nc3scc(-c4ccccc4)c23)cc1. The lowest BCUT2D eigenvalue weighted by molar-refractivity contribution is 0.475. The maximum absolute atomic E-state index is 9.43. The summed E-state index contributed by atoms with van der Waals surface area (Å²) in [5, 5.41) is 15.9. The lowest BCUT2D eigenvalue weighted by Gasteiger charge is -2.09. The smallest absolute Gasteiger partial charge is 0.225 e. The molecule has 0 aliphatic rings. The van der Waals surface area contributed by atoms with Crippen molar-refractivity contribution < 1.29 is 5.11 Å². The molecule has 118 valence electrons. The third-order valence-electron chi connectivity index (χ3n) is 3.62. The van der Waals surface area contributed by atoms with Crippen molar-refractivity contribution in [2.45, 2.75) is 0 Å². The fourth-order valence-corrected chi connectivity index (χ4v) is 3.68. The molecule has 0 unspecified atom stereocenters. The zero-order valence-corrected chi connectivity index (χ0v) is 14.0. The van der Waals surface area contributed by atoms with Gasteiger partial charge >= 0.3 is 0 Å². The molecule has 2 aromatic carbocycles. The lowest BCUT2D eigenvalue weighted by atomic mass is 10.1. The van der Waals surface area contributed by atoms with Crippen LogP contribution in [0.5, 0.6) is 5.75 Å². The molecule has 0 radical (unpaired) electrons. The first-order chi connectivity index (χ1) is 11.7. The first-order valence-electron chi connectivity index (χ1n) is 7.27. The Hall–Kier alpha value is -2.63. The molecule has 0 aliphatic carbocycles. The fourth-order valence-electron chi connectivity index (χ4n) is 2.52. The maximum atomic E-state index is 9.43. The summed E-state index contributed by atoms with van der Waals surface area (Å²) in [7, 11) is 0. The number of nitrogens with one attached hydrogen (secondary N) is 1. The van der Waals surface area contributed by atoms with Crippen molar-refractivity contribution in [3.8, 4) is 16.9 Å². The molecule has 0 bridgehead atoms. The number of phenolic OH excluding ortho intramolecular Hbond substituents is 1. The van der Waals surface area contributed by atoms with E-state index in [1.165, 1.54) is 11.3 Å². The van der Waals surface area contributed by atoms with Crippen LogP contribution in [0.25, 0.3) is 21.3 Å². The van der Waals surface area contributed by atoms with Gasteiger partial charge in [-0.3, -0.25) is 0 Å². The van der Waals surface area contributed by atoms with Gasteiger partial charge in [-0.1, -0.05) is 30.3 Å². The zero-order chi connectivity index (χ0) is 16.5. The van der Waals surface area contributed by atoms with Crippen molar-refractivity contribution in [1.82, 2.24) is 9.97 Å². The predicted octanol–water partition coefficient (Wildman–Crippen LogP) is 5.46. The van der Waals surface area contributed by atoms with Crippen LogP contribution >= 0.6 is 22.9 Å². The van der Waals surface area contributed by atoms with Crippen LogP contribution in [-0.4, -0.2) is 15.1 Å². The van der Waals surface area contributed by atoms with Gasteiger partial charge in [-0.2, -0.15) is 4.98 Å². The summed E-state index contributed by atoms with van der Waals surface area (Å²) in [4.78, 5) is 9.52. The number of fused-ring (bicyclic) bond motifs is 1. The largest absolute Gasteiger partial charge is 0.508 e. The van der Waals surface area contributed by atoms with Gasteiger partial charge in [0.1, 0.15) is 16.4 Å². The minimum Gasteiger partial charge on any atom is -0.508 e. The fraction of sp³-hybridized carbons (Fsp3) is 0. The Balaban J connectivity index is 1.87. The molecule has 4 nitrogen and oxygen atoms in total. The van der Waals surface area contributed by atoms with Crippen LogP contribution in [0, 0.1) is 0 Å². The van der Waals surface area contributed by atoms with Gasteiger partial charge in [0.15, 0.2) is 0 Å². The first kappa shape index (κ1) is 14.9. The average molecular weight is 354 g/mol. The molecular formula is C18H12ClN3OS. The number of rotatable bonds is 3. The topological polar surface area (TPSA) is 58.0 Å². The summed E-state index contributed by atoms with van der Waals surface area (Å²) in [6.07, 6.45) is 0. The van der Waals surface area contributed by atoms with Gasteiger partial charge in [-0.15, -0.1) is 11.3 Å². The molecule has 0 atom stereocenters. The quantitative estimate of drug-likeness (QED) is 0.379. The second kappa shape index (κ2) is 6.11. The number of aromatic nitrogens is 2. The van der Waals surface area contributed by atoms with Gasteiger partial charge in [0.05, 0.1) is 5.39 Å². The van der Waals surface area contributed by atoms with Gasteiger partial charge in [0.25, 0.3) is 0 Å². The molecule has 6 heteroatoms. The van der Waals surface area contributed by atoms with E-state index in [9.17, 15) is 5.11 Å². The van der Waals surface area contributed by atoms with E-state index < -0.39 is 0 Å². The van der Waals surface area contributed by atoms with E-state index >= 15 is 0 Å². The summed E-state index contributed by atoms with van der Waals surface area (Å²) in [5.74, 6) is 0.864. The van der Waals surface area contributed by atoms with E-state index in [1.54, 1.807) is 24.3 Å². The molecule has 0 amide bonds. The van der Waals surface area contributed by atoms with E-state index in [2.05, 4.69) is 32.8 Å². The van der Waals surface area contributed by atoms with Crippen LogP contribution in [0.1, 0.15) is 0 Å². The Kier molecular flexibility index (Phi) is 3.80. The summed E-state index contributed by atoms with van der Waals surface area (Å²) in [5.41, 5.74) is 2.98. The van der Waals surface area contributed by atoms with Crippen LogP contribution in [0.4, 0.5) is 11.5 Å². The number of aromatic hydroxyl groups is 1. The van der Waals surface area contributed by atoms with Crippen molar-refractivity contribution >= 4 is 44.7 Å². The number of thiophene rings is 1. The highest BCUT2D eigenvalue weighted by Crippen LogP contribution is 2.38. The zero-order valence-electron chi connectivity index (χ0n) is 12.4. The molecule has 0 saturated carbocycles. The van der Waals surface area contributed by atoms with Crippen LogP contribution in [0.3, 0.4) is 0 Å². The summed E-state index contributed by atoms with van der Waals surface area (Å²) >= 11 is 7.61. The summed E-state index contributed by atoms with van der Waals surface area (Å²) in [6.45, 7) is 0. The van der Waals surface area contributed by atoms with Crippen molar-refractivity contribution in [1.29, 1.82) is 0 Å². The number of nitrogens with zero attached hydrogens (tertiary/aromatic N) is 2. The highest BCUT2D eigenvalue weighted by Gasteiger charge is 2.15. The van der Waals surface area contributed by atoms with Gasteiger partial charge in [-0.05, 0) is 41.4 Å². The monoisotopic (exact) mass is 353 g/mol. The number of anilines is 2. The highest BCUT2D eigenvalue weighted by molar-refractivity contribution is 7.17. The molecule has 2 heterocycles. The Bertz CT molecular complexity index is 1000. The van der Waals surface area contributed by atoms with Gasteiger partial charge in [0, 0.05) is 16.6 Å². The maximum Gasteiger partial charge on any atom is 0.225 e. The predicted molar refractivity (Wildman–Crippen MR) is 99.3 cm³/mol. The van der Waals surface area contributed by atoms with E-state index in [0.717, 1.165) is 27.0 Å². The standard InChI is InChI=1S/C18H12ClN3OS/c19-18-21-16(20-12-6-8-13(23)9-7-12)15-14(10-24-17(15)22-18)11-4-2-1-3-5-11/h1-10,23H,(H,20,21,22). The first-order valence-corrected chi connectivity index (χ1v) is 8.53. The van der Waals surface area contributed by atoms with E-state index in [0.29, 0.717) is 5.82 Å². The van der Waals surface area contributed by atoms with E-state index in [1.807, 2.05) is 18.2 Å². The molecular weight excluding hydrogens is 342 g/mol. The Morgan fingerprint density at radius 1 is 0.958 bits per heavy atom. The van der Waals surface area contributed by atoms with Gasteiger partial charge in [-0.25, -0.2) is 4.98 Å². The number of halogens is 1. The molecule has 24 heavy (non-hydrogen) atoms. The second-order valence-electron chi connectivity index (χ2n) is 5.21. The number of hydrogen-bond acceptors (Lipinski definition) is 5. The normalized spacial score (nSPS) is 10.9. The molecule has 4 rings (SSSR count). The summed E-state index contributed by atoms with van der Waals surface area (Å²) < 4.78 is 0. The van der Waals surface area contributed by atoms with Crippen LogP contribution in [-0.2, 0) is 0 Å². The third kappa shape index (κ3) is 2.79. The average Bonchev–Trinajstić information content (AvgIpc) is 3.01. The lowest BCUT2D eigenvalue weighted by Crippen LogP contribution is -1.96. The highest BCUT2D eigenvalue weighted by atomic mass is 35.5. The van der Waals surface area contributed by atoms with Crippen molar-refractivity contribution in [3.63, 3.8) is 0 Å². The molecule has 0 aliphatic heterocycles. The van der Waals surface area contributed by atoms with Gasteiger partial charge < -0.3 is 10.4 Å². The van der Waals surface area contributed by atoms with Crippen molar-refractivity contribution in [2.24, 2.45) is 0 Å². The van der Waals surface area contributed by atoms with Gasteiger partial charge in [0.2, 0.25) is 5.28 Å². The van der Waals surface area contributed by atoms with Crippen molar-refractivity contribution in [3.05, 3.63) is 65.3 Å². The van der Waals surface area contributed by atoms with Crippen LogP contribution < -0.4 is 5.32 Å². The minimum absolute atomic E-state index is 0.199. The molecule has 0 spiro atoms. The Labute approximate surface area is 147 Å². The number of benzene rings is 2. The Morgan fingerprint density at radius 3 is 2.46 bits per heavy atom. The molecule has 4 aromatic rings. The van der Waals surface area contributed by atoms with Crippen LogP contribution in [0.2, 0.25) is 5.28 Å². The van der Waals surface area contributed by atoms with E-state index in [4.69, 9.17) is 11.6 Å². The molecule has 0 saturated heterocycles. The molecule has 2 aromatic heterocycles. The Morgan fingerprint density at radius 2 is 1.71 bits per heavy atom. The number of hydrogen-bond donors (Lipinski definition) is 2. The third-order valence-corrected chi connectivity index (χ3v) is 4.66. The van der Waals surface area contributed by atoms with Crippen molar-refractivity contribution in [2.75, 3.05) is 5.32 Å². The summed E-state index contributed by atoms with van der Waals surface area (Å²) in [6, 6.07) is 16.9. The van der Waals surface area contributed by atoms with Crippen LogP contribution in [0.15, 0.2) is 60.0 Å². The molecule has 2 N–H and O–H groups in total. The molecule has 0 fully saturated rings. The number of phenols is 1. The minimum atomic E-state index is 0.199.